The third-order valence-corrected chi connectivity index (χ3v) is 6.51. The average molecular weight is 472 g/mol. The summed E-state index contributed by atoms with van der Waals surface area (Å²) in [4.78, 5) is 10.6. The molecule has 1 unspecified atom stereocenters. The third kappa shape index (κ3) is 5.84. The van der Waals surface area contributed by atoms with Gasteiger partial charge in [-0.3, -0.25) is 4.78 Å². The number of nitrogens with one attached hydrogen (secondary N) is 2. The molecule has 2 N–H and O–H groups in total. The monoisotopic (exact) mass is 471 g/mol. The van der Waals surface area contributed by atoms with Crippen LogP contribution in [0.2, 0.25) is 0 Å². The van der Waals surface area contributed by atoms with Crippen molar-refractivity contribution in [2.24, 2.45) is 0 Å². The van der Waals surface area contributed by atoms with Crippen LogP contribution in [0.4, 0.5) is 26.1 Å². The summed E-state index contributed by atoms with van der Waals surface area (Å²) in [5.74, 6) is -0.612. The highest BCUT2D eigenvalue weighted by molar-refractivity contribution is 7.90. The van der Waals surface area contributed by atoms with E-state index in [1.807, 2.05) is 25.2 Å². The fourth-order valence-electron chi connectivity index (χ4n) is 4.08. The summed E-state index contributed by atoms with van der Waals surface area (Å²) >= 11 is 0. The van der Waals surface area contributed by atoms with Crippen LogP contribution in [0.1, 0.15) is 30.4 Å². The Hall–Kier alpha value is -3.07. The minimum atomic E-state index is -2.73. The van der Waals surface area contributed by atoms with Crippen LogP contribution in [0.5, 0.6) is 0 Å². The van der Waals surface area contributed by atoms with Gasteiger partial charge in [0.1, 0.15) is 11.5 Å². The van der Waals surface area contributed by atoms with Gasteiger partial charge in [-0.1, -0.05) is 6.42 Å². The van der Waals surface area contributed by atoms with E-state index in [0.717, 1.165) is 48.8 Å². The van der Waals surface area contributed by atoms with Gasteiger partial charge in [0.2, 0.25) is 5.95 Å². The minimum absolute atomic E-state index is 0.119. The van der Waals surface area contributed by atoms with E-state index < -0.39 is 15.5 Å². The number of hydrogen-bond acceptors (Lipinski definition) is 6. The number of benzene rings is 2. The molecule has 0 amide bonds. The summed E-state index contributed by atoms with van der Waals surface area (Å²) in [5.41, 5.74) is 3.73. The van der Waals surface area contributed by atoms with Gasteiger partial charge in [-0.05, 0) is 66.8 Å². The molecule has 0 spiro atoms. The smallest absolute Gasteiger partial charge is 0.227 e. The largest absolute Gasteiger partial charge is 0.375 e. The lowest BCUT2D eigenvalue weighted by Gasteiger charge is -2.21. The van der Waals surface area contributed by atoms with Crippen LogP contribution >= 0.6 is 0 Å². The zero-order valence-electron chi connectivity index (χ0n) is 18.7. The summed E-state index contributed by atoms with van der Waals surface area (Å²) in [6.07, 6.45) is 5.84. The molecule has 3 aromatic rings. The maximum atomic E-state index is 14.7. The quantitative estimate of drug-likeness (QED) is 0.515. The second kappa shape index (κ2) is 9.43. The number of aromatic nitrogens is 2. The summed E-state index contributed by atoms with van der Waals surface area (Å²) in [6, 6.07) is 10.0. The Morgan fingerprint density at radius 3 is 2.76 bits per heavy atom. The average Bonchev–Trinajstić information content (AvgIpc) is 2.73. The number of fused-ring (bicyclic) bond motifs is 6. The van der Waals surface area contributed by atoms with E-state index in [-0.39, 0.29) is 23.2 Å². The normalized spacial score (nSPS) is 16.1. The molecule has 0 saturated heterocycles. The highest BCUT2D eigenvalue weighted by atomic mass is 32.2. The molecule has 1 aromatic heterocycles. The van der Waals surface area contributed by atoms with Crippen molar-refractivity contribution >= 4 is 27.1 Å². The summed E-state index contributed by atoms with van der Waals surface area (Å²) in [7, 11) is -0.745. The number of hydrogen-bond donors (Lipinski definition) is 2. The highest BCUT2D eigenvalue weighted by Crippen LogP contribution is 2.30. The Bertz CT molecular complexity index is 1280. The first-order valence-electron chi connectivity index (χ1n) is 10.8. The van der Waals surface area contributed by atoms with Crippen molar-refractivity contribution in [3.63, 3.8) is 0 Å². The first-order chi connectivity index (χ1) is 15.7. The van der Waals surface area contributed by atoms with Gasteiger partial charge >= 0.3 is 0 Å². The highest BCUT2D eigenvalue weighted by Gasteiger charge is 2.16. The molecule has 0 aliphatic carbocycles. The number of rotatable bonds is 2. The van der Waals surface area contributed by atoms with Gasteiger partial charge in [-0.15, -0.1) is 0 Å². The van der Waals surface area contributed by atoms with Crippen molar-refractivity contribution in [1.29, 1.82) is 4.78 Å². The van der Waals surface area contributed by atoms with Crippen molar-refractivity contribution in [3.05, 3.63) is 65.4 Å². The Labute approximate surface area is 193 Å². The second-order valence-corrected chi connectivity index (χ2v) is 10.9. The number of nitrogens with zero attached hydrogens (tertiary/aromatic N) is 3. The first kappa shape index (κ1) is 23.1. The van der Waals surface area contributed by atoms with E-state index in [1.54, 1.807) is 6.07 Å². The van der Waals surface area contributed by atoms with Crippen LogP contribution < -0.4 is 10.2 Å². The van der Waals surface area contributed by atoms with Crippen LogP contribution in [-0.4, -0.2) is 34.0 Å². The molecule has 4 bridgehead atoms. The minimum Gasteiger partial charge on any atom is -0.375 e. The predicted molar refractivity (Wildman–Crippen MR) is 128 cm³/mol. The molecule has 4 rings (SSSR count). The van der Waals surface area contributed by atoms with E-state index in [4.69, 9.17) is 4.78 Å². The molecule has 0 saturated carbocycles. The Kier molecular flexibility index (Phi) is 6.60. The lowest BCUT2D eigenvalue weighted by atomic mass is 9.98. The second-order valence-electron chi connectivity index (χ2n) is 8.59. The van der Waals surface area contributed by atoms with Crippen molar-refractivity contribution in [2.75, 3.05) is 30.1 Å². The van der Waals surface area contributed by atoms with Gasteiger partial charge < -0.3 is 10.2 Å². The van der Waals surface area contributed by atoms with Gasteiger partial charge in [0.25, 0.3) is 0 Å². The molecular formula is C24H27F2N5OS. The van der Waals surface area contributed by atoms with E-state index in [0.29, 0.717) is 17.7 Å². The molecule has 2 heterocycles. The third-order valence-electron chi connectivity index (χ3n) is 5.62. The summed E-state index contributed by atoms with van der Waals surface area (Å²) in [5, 5.41) is 3.13. The molecule has 1 atom stereocenters. The van der Waals surface area contributed by atoms with E-state index >= 15 is 0 Å². The number of anilines is 3. The standard InChI is InChI=1S/C24H27F2N5OS/c1-31-9-5-3-4-6-17-12-18(25)7-8-21(17)23-22(26)14-28-24(30-23)29-19-10-16(11-20(31)13-19)15-33(2,27)32/h7-8,10-14,27H,3-6,9,15H2,1-2H3,(H,28,29,30). The van der Waals surface area contributed by atoms with Crippen LogP contribution in [0.25, 0.3) is 11.3 Å². The lowest BCUT2D eigenvalue weighted by Crippen LogP contribution is -2.19. The van der Waals surface area contributed by atoms with Crippen molar-refractivity contribution in [2.45, 2.75) is 31.4 Å². The van der Waals surface area contributed by atoms with Gasteiger partial charge in [-0.2, -0.15) is 0 Å². The predicted octanol–water partition coefficient (Wildman–Crippen LogP) is 5.50. The number of halogens is 2. The van der Waals surface area contributed by atoms with Crippen LogP contribution in [0, 0.1) is 16.4 Å². The topological polar surface area (TPSA) is 82.0 Å². The molecule has 0 fully saturated rings. The van der Waals surface area contributed by atoms with Crippen LogP contribution in [0.15, 0.2) is 42.6 Å². The molecule has 6 nitrogen and oxygen atoms in total. The van der Waals surface area contributed by atoms with Crippen LogP contribution in [-0.2, 0) is 21.9 Å². The Morgan fingerprint density at radius 1 is 1.15 bits per heavy atom. The number of aryl methyl sites for hydroxylation is 1. The fourth-order valence-corrected chi connectivity index (χ4v) is 4.89. The zero-order chi connectivity index (χ0) is 23.6. The zero-order valence-corrected chi connectivity index (χ0v) is 19.5. The van der Waals surface area contributed by atoms with Gasteiger partial charge in [0.05, 0.1) is 11.9 Å². The van der Waals surface area contributed by atoms with Gasteiger partial charge in [0.15, 0.2) is 5.82 Å². The molecule has 174 valence electrons. The van der Waals surface area contributed by atoms with Gasteiger partial charge in [0, 0.05) is 46.5 Å². The maximum Gasteiger partial charge on any atom is 0.227 e. The molecule has 2 aromatic carbocycles. The molecule has 0 radical (unpaired) electrons. The first-order valence-corrected chi connectivity index (χ1v) is 13.0. The van der Waals surface area contributed by atoms with Crippen molar-refractivity contribution in [3.8, 4) is 11.3 Å². The Balaban J connectivity index is 1.81. The SMILES string of the molecule is CN1CCCCCc2cc(F)ccc2-c2nc(ncc2F)Nc2cc(CS(C)(=N)=O)cc1c2. The van der Waals surface area contributed by atoms with Crippen LogP contribution in [0.3, 0.4) is 0 Å². The van der Waals surface area contributed by atoms with E-state index in [2.05, 4.69) is 20.2 Å². The molecule has 9 heteroatoms. The molecule has 1 aliphatic heterocycles. The van der Waals surface area contributed by atoms with Gasteiger partial charge in [-0.25, -0.2) is 23.0 Å². The maximum absolute atomic E-state index is 14.7. The van der Waals surface area contributed by atoms with Crippen molar-refractivity contribution in [1.82, 2.24) is 9.97 Å². The summed E-state index contributed by atoms with van der Waals surface area (Å²) in [6.45, 7) is 0.806. The van der Waals surface area contributed by atoms with E-state index in [9.17, 15) is 13.0 Å². The molecule has 33 heavy (non-hydrogen) atoms. The molecular weight excluding hydrogens is 444 g/mol. The Morgan fingerprint density at radius 2 is 1.97 bits per heavy atom. The fraction of sp³-hybridized carbons (Fsp3) is 0.333. The lowest BCUT2D eigenvalue weighted by molar-refractivity contribution is 0.614. The molecule has 1 aliphatic rings. The summed E-state index contributed by atoms with van der Waals surface area (Å²) < 4.78 is 48.7. The van der Waals surface area contributed by atoms with Crippen molar-refractivity contribution < 1.29 is 13.0 Å². The van der Waals surface area contributed by atoms with E-state index in [1.165, 1.54) is 18.4 Å².